The third kappa shape index (κ3) is 4.90. The van der Waals surface area contributed by atoms with Crippen molar-refractivity contribution in [3.05, 3.63) is 12.2 Å². The fourth-order valence-corrected chi connectivity index (χ4v) is 1.98. The lowest BCUT2D eigenvalue weighted by Crippen LogP contribution is -2.42. The molecule has 0 aromatic heterocycles. The Balaban J connectivity index is 1.52. The second kappa shape index (κ2) is 6.56. The third-order valence-electron chi connectivity index (χ3n) is 3.30. The third-order valence-corrected chi connectivity index (χ3v) is 3.30. The van der Waals surface area contributed by atoms with E-state index in [1.807, 2.05) is 0 Å². The molecule has 3 N–H and O–H groups in total. The molecule has 2 aliphatic rings. The smallest absolute Gasteiger partial charge is 0.315 e. The predicted molar refractivity (Wildman–Crippen MR) is 68.7 cm³/mol. The Hall–Kier alpha value is -1.56. The molecule has 6 heteroatoms. The molecule has 0 spiro atoms. The number of amides is 2. The van der Waals surface area contributed by atoms with Crippen LogP contribution < -0.4 is 10.6 Å². The molecule has 0 bridgehead atoms. The van der Waals surface area contributed by atoms with Gasteiger partial charge in [-0.1, -0.05) is 12.2 Å². The number of aliphatic carboxylic acids is 1. The van der Waals surface area contributed by atoms with Crippen molar-refractivity contribution in [2.45, 2.75) is 25.3 Å². The summed E-state index contributed by atoms with van der Waals surface area (Å²) in [5.41, 5.74) is 0. The number of carbonyl (C=O) groups is 2. The molecule has 0 aromatic carbocycles. The summed E-state index contributed by atoms with van der Waals surface area (Å²) in [6.07, 6.45) is 6.27. The number of hydrogen-bond acceptors (Lipinski definition) is 3. The summed E-state index contributed by atoms with van der Waals surface area (Å²) in [6.45, 7) is 1.77. The van der Waals surface area contributed by atoms with Crippen LogP contribution in [-0.4, -0.2) is 42.9 Å². The highest BCUT2D eigenvalue weighted by Gasteiger charge is 2.25. The molecule has 0 aliphatic heterocycles. The molecular formula is C13H20N2O4. The minimum atomic E-state index is -0.852. The van der Waals surface area contributed by atoms with Crippen LogP contribution in [0.5, 0.6) is 0 Å². The predicted octanol–water partition coefficient (Wildman–Crippen LogP) is 0.741. The molecule has 6 nitrogen and oxygen atoms in total. The highest BCUT2D eigenvalue weighted by Crippen LogP contribution is 2.28. The van der Waals surface area contributed by atoms with E-state index in [0.717, 1.165) is 12.5 Å². The first-order valence-electron chi connectivity index (χ1n) is 6.68. The van der Waals surface area contributed by atoms with Crippen LogP contribution >= 0.6 is 0 Å². The van der Waals surface area contributed by atoms with Crippen LogP contribution in [0.3, 0.4) is 0 Å². The van der Waals surface area contributed by atoms with Gasteiger partial charge in [0.2, 0.25) is 0 Å². The molecule has 2 amide bonds. The highest BCUT2D eigenvalue weighted by molar-refractivity contribution is 5.76. The van der Waals surface area contributed by atoms with Gasteiger partial charge in [-0.25, -0.2) is 4.79 Å². The van der Waals surface area contributed by atoms with Crippen molar-refractivity contribution in [1.82, 2.24) is 10.6 Å². The molecule has 19 heavy (non-hydrogen) atoms. The van der Waals surface area contributed by atoms with E-state index in [1.54, 1.807) is 12.2 Å². The normalized spacial score (nSPS) is 25.3. The van der Waals surface area contributed by atoms with Crippen molar-refractivity contribution in [3.63, 3.8) is 0 Å². The first-order valence-corrected chi connectivity index (χ1v) is 6.68. The molecule has 2 unspecified atom stereocenters. The van der Waals surface area contributed by atoms with Gasteiger partial charge >= 0.3 is 12.0 Å². The first-order chi connectivity index (χ1) is 9.15. The van der Waals surface area contributed by atoms with E-state index in [2.05, 4.69) is 10.6 Å². The van der Waals surface area contributed by atoms with Gasteiger partial charge in [0.1, 0.15) is 0 Å². The Morgan fingerprint density at radius 3 is 2.74 bits per heavy atom. The number of carboxylic acid groups (broad SMARTS) is 1. The van der Waals surface area contributed by atoms with Crippen LogP contribution in [0.25, 0.3) is 0 Å². The van der Waals surface area contributed by atoms with E-state index in [0.29, 0.717) is 19.6 Å². The van der Waals surface area contributed by atoms with Crippen molar-refractivity contribution < 1.29 is 19.4 Å². The monoisotopic (exact) mass is 268 g/mol. The number of ether oxygens (including phenoxy) is 1. The van der Waals surface area contributed by atoms with Crippen LogP contribution in [0.15, 0.2) is 12.2 Å². The van der Waals surface area contributed by atoms with E-state index >= 15 is 0 Å². The van der Waals surface area contributed by atoms with E-state index in [-0.39, 0.29) is 12.1 Å². The number of nitrogens with one attached hydrogen (secondary N) is 2. The lowest BCUT2D eigenvalue weighted by molar-refractivity contribution is -0.140. The van der Waals surface area contributed by atoms with Gasteiger partial charge in [-0.3, -0.25) is 4.79 Å². The molecule has 2 atom stereocenters. The molecular weight excluding hydrogens is 248 g/mol. The SMILES string of the molecule is O=C(NCCOCC1CC1)NC1C=CC(C(=O)O)C1. The molecule has 0 aromatic rings. The lowest BCUT2D eigenvalue weighted by atomic mass is 10.1. The van der Waals surface area contributed by atoms with E-state index in [4.69, 9.17) is 9.84 Å². The fraction of sp³-hybridized carbons (Fsp3) is 0.692. The van der Waals surface area contributed by atoms with Gasteiger partial charge in [0.25, 0.3) is 0 Å². The van der Waals surface area contributed by atoms with Crippen molar-refractivity contribution in [3.8, 4) is 0 Å². The maximum absolute atomic E-state index is 11.5. The largest absolute Gasteiger partial charge is 0.481 e. The summed E-state index contributed by atoms with van der Waals surface area (Å²) in [5.74, 6) is -0.619. The summed E-state index contributed by atoms with van der Waals surface area (Å²) < 4.78 is 5.39. The van der Waals surface area contributed by atoms with E-state index < -0.39 is 11.9 Å². The zero-order chi connectivity index (χ0) is 13.7. The zero-order valence-corrected chi connectivity index (χ0v) is 10.8. The maximum atomic E-state index is 11.5. The summed E-state index contributed by atoms with van der Waals surface area (Å²) in [7, 11) is 0. The molecule has 1 fully saturated rings. The van der Waals surface area contributed by atoms with Crippen LogP contribution in [0, 0.1) is 11.8 Å². The minimum absolute atomic E-state index is 0.200. The van der Waals surface area contributed by atoms with E-state index in [1.165, 1.54) is 12.8 Å². The molecule has 106 valence electrons. The second-order valence-corrected chi connectivity index (χ2v) is 5.09. The Morgan fingerprint density at radius 1 is 1.32 bits per heavy atom. The quantitative estimate of drug-likeness (QED) is 0.469. The van der Waals surface area contributed by atoms with Gasteiger partial charge in [-0.15, -0.1) is 0 Å². The summed E-state index contributed by atoms with van der Waals surface area (Å²) in [6, 6.07) is -0.482. The molecule has 2 aliphatic carbocycles. The van der Waals surface area contributed by atoms with Crippen molar-refractivity contribution in [1.29, 1.82) is 0 Å². The van der Waals surface area contributed by atoms with Gasteiger partial charge in [-0.05, 0) is 25.2 Å². The van der Waals surface area contributed by atoms with Gasteiger partial charge < -0.3 is 20.5 Å². The molecule has 0 heterocycles. The van der Waals surface area contributed by atoms with Crippen molar-refractivity contribution in [2.75, 3.05) is 19.8 Å². The average molecular weight is 268 g/mol. The van der Waals surface area contributed by atoms with Gasteiger partial charge in [0.15, 0.2) is 0 Å². The maximum Gasteiger partial charge on any atom is 0.315 e. The summed E-state index contributed by atoms with van der Waals surface area (Å²) in [5, 5.41) is 14.2. The fourth-order valence-electron chi connectivity index (χ4n) is 1.98. The number of urea groups is 1. The first kappa shape index (κ1) is 13.9. The van der Waals surface area contributed by atoms with Crippen molar-refractivity contribution in [2.24, 2.45) is 11.8 Å². The van der Waals surface area contributed by atoms with Crippen molar-refractivity contribution >= 4 is 12.0 Å². The standard InChI is InChI=1S/C13H20N2O4/c16-12(17)10-3-4-11(7-10)15-13(18)14-5-6-19-8-9-1-2-9/h3-4,9-11H,1-2,5-8H2,(H,16,17)(H2,14,15,18). The van der Waals surface area contributed by atoms with Crippen LogP contribution in [0.4, 0.5) is 4.79 Å². The Labute approximate surface area is 112 Å². The molecule has 0 radical (unpaired) electrons. The lowest BCUT2D eigenvalue weighted by Gasteiger charge is -2.13. The summed E-state index contributed by atoms with van der Waals surface area (Å²) >= 11 is 0. The molecule has 2 rings (SSSR count). The summed E-state index contributed by atoms with van der Waals surface area (Å²) in [4.78, 5) is 22.3. The molecule has 1 saturated carbocycles. The van der Waals surface area contributed by atoms with Crippen LogP contribution in [-0.2, 0) is 9.53 Å². The van der Waals surface area contributed by atoms with Crippen LogP contribution in [0.2, 0.25) is 0 Å². The second-order valence-electron chi connectivity index (χ2n) is 5.09. The zero-order valence-electron chi connectivity index (χ0n) is 10.8. The Bertz CT molecular complexity index is 366. The topological polar surface area (TPSA) is 87.7 Å². The Morgan fingerprint density at radius 2 is 2.11 bits per heavy atom. The van der Waals surface area contributed by atoms with Gasteiger partial charge in [0, 0.05) is 13.2 Å². The van der Waals surface area contributed by atoms with Crippen LogP contribution in [0.1, 0.15) is 19.3 Å². The number of rotatable bonds is 7. The number of hydrogen-bond donors (Lipinski definition) is 3. The van der Waals surface area contributed by atoms with Gasteiger partial charge in [0.05, 0.1) is 18.6 Å². The molecule has 0 saturated heterocycles. The van der Waals surface area contributed by atoms with Gasteiger partial charge in [-0.2, -0.15) is 0 Å². The number of carboxylic acids is 1. The minimum Gasteiger partial charge on any atom is -0.481 e. The average Bonchev–Trinajstić information content (AvgIpc) is 3.06. The number of carbonyl (C=O) groups excluding carboxylic acids is 1. The Kier molecular flexibility index (Phi) is 4.79. The van der Waals surface area contributed by atoms with E-state index in [9.17, 15) is 9.59 Å². The highest BCUT2D eigenvalue weighted by atomic mass is 16.5.